The van der Waals surface area contributed by atoms with E-state index in [1.807, 2.05) is 36.3 Å². The Hall–Kier alpha value is -2.32. The molecule has 26 heavy (non-hydrogen) atoms. The van der Waals surface area contributed by atoms with Crippen molar-refractivity contribution in [2.45, 2.75) is 20.3 Å². The van der Waals surface area contributed by atoms with Crippen LogP contribution in [0, 0.1) is 13.8 Å². The van der Waals surface area contributed by atoms with Gasteiger partial charge >= 0.3 is 0 Å². The number of amides is 1. The van der Waals surface area contributed by atoms with Crippen molar-refractivity contribution < 1.29 is 4.79 Å². The van der Waals surface area contributed by atoms with E-state index in [1.54, 1.807) is 15.9 Å². The molecule has 1 saturated heterocycles. The second kappa shape index (κ2) is 6.77. The Morgan fingerprint density at radius 2 is 1.96 bits per heavy atom. The normalized spacial score (nSPS) is 15.7. The van der Waals surface area contributed by atoms with Crippen LogP contribution in [0.5, 0.6) is 0 Å². The molecule has 1 amide bonds. The van der Waals surface area contributed by atoms with E-state index in [4.69, 9.17) is 0 Å². The molecule has 1 fully saturated rings. The van der Waals surface area contributed by atoms with Crippen molar-refractivity contribution in [3.05, 3.63) is 34.5 Å². The third-order valence-electron chi connectivity index (χ3n) is 4.97. The molecule has 3 aromatic rings. The first kappa shape index (κ1) is 17.1. The largest absolute Gasteiger partial charge is 0.340 e. The van der Waals surface area contributed by atoms with Crippen molar-refractivity contribution in [2.75, 3.05) is 33.2 Å². The van der Waals surface area contributed by atoms with Crippen LogP contribution < -0.4 is 0 Å². The minimum absolute atomic E-state index is 0.157. The fourth-order valence-corrected chi connectivity index (χ4v) is 3.95. The van der Waals surface area contributed by atoms with E-state index < -0.39 is 0 Å². The molecule has 136 valence electrons. The molecule has 0 aromatic carbocycles. The molecule has 0 spiro atoms. The number of aromatic nitrogens is 4. The average Bonchev–Trinajstić information content (AvgIpc) is 3.28. The Balaban J connectivity index is 1.63. The molecule has 4 heterocycles. The molecular formula is C18H22N6OS. The van der Waals surface area contributed by atoms with Gasteiger partial charge in [0, 0.05) is 43.1 Å². The van der Waals surface area contributed by atoms with Gasteiger partial charge in [0.2, 0.25) is 5.91 Å². The van der Waals surface area contributed by atoms with Crippen LogP contribution in [0.4, 0.5) is 0 Å². The summed E-state index contributed by atoms with van der Waals surface area (Å²) < 4.78 is 1.76. The predicted molar refractivity (Wildman–Crippen MR) is 101 cm³/mol. The number of rotatable bonds is 3. The maximum atomic E-state index is 12.7. The van der Waals surface area contributed by atoms with Gasteiger partial charge in [-0.3, -0.25) is 4.79 Å². The summed E-state index contributed by atoms with van der Waals surface area (Å²) in [4.78, 5) is 27.1. The van der Waals surface area contributed by atoms with Crippen LogP contribution in [0.3, 0.4) is 0 Å². The molecule has 0 bridgehead atoms. The SMILES string of the molecule is Cc1nc2nc(-c3cccs3)nn2c(C)c1CC(=O)N1CCN(C)CC1. The third kappa shape index (κ3) is 3.10. The van der Waals surface area contributed by atoms with Gasteiger partial charge in [-0.15, -0.1) is 16.4 Å². The average molecular weight is 370 g/mol. The van der Waals surface area contributed by atoms with E-state index in [0.29, 0.717) is 18.0 Å². The van der Waals surface area contributed by atoms with Crippen LogP contribution in [0.2, 0.25) is 0 Å². The molecule has 0 aliphatic carbocycles. The zero-order chi connectivity index (χ0) is 18.3. The van der Waals surface area contributed by atoms with Crippen molar-refractivity contribution in [3.63, 3.8) is 0 Å². The summed E-state index contributed by atoms with van der Waals surface area (Å²) in [7, 11) is 2.09. The van der Waals surface area contributed by atoms with Gasteiger partial charge in [-0.1, -0.05) is 6.07 Å². The summed E-state index contributed by atoms with van der Waals surface area (Å²) in [5.74, 6) is 1.42. The van der Waals surface area contributed by atoms with E-state index >= 15 is 0 Å². The molecule has 0 unspecified atom stereocenters. The Labute approximate surface area is 156 Å². The second-order valence-corrected chi connectivity index (χ2v) is 7.69. The number of nitrogens with zero attached hydrogens (tertiary/aromatic N) is 6. The Morgan fingerprint density at radius 1 is 1.19 bits per heavy atom. The predicted octanol–water partition coefficient (Wildman–Crippen LogP) is 1.79. The van der Waals surface area contributed by atoms with Crippen LogP contribution in [0.15, 0.2) is 17.5 Å². The first-order chi connectivity index (χ1) is 12.5. The van der Waals surface area contributed by atoms with Gasteiger partial charge in [-0.25, -0.2) is 9.50 Å². The first-order valence-electron chi connectivity index (χ1n) is 8.76. The molecule has 0 N–H and O–H groups in total. The molecule has 8 heteroatoms. The quantitative estimate of drug-likeness (QED) is 0.703. The third-order valence-corrected chi connectivity index (χ3v) is 5.84. The molecule has 0 saturated carbocycles. The summed E-state index contributed by atoms with van der Waals surface area (Å²) in [6, 6.07) is 3.98. The number of likely N-dealkylation sites (N-methyl/N-ethyl adjacent to an activating group) is 1. The van der Waals surface area contributed by atoms with Crippen molar-refractivity contribution in [1.29, 1.82) is 0 Å². The van der Waals surface area contributed by atoms with E-state index in [9.17, 15) is 4.79 Å². The number of fused-ring (bicyclic) bond motifs is 1. The van der Waals surface area contributed by atoms with Gasteiger partial charge in [-0.2, -0.15) is 4.98 Å². The number of aryl methyl sites for hydroxylation is 2. The van der Waals surface area contributed by atoms with E-state index in [0.717, 1.165) is 48.0 Å². The summed E-state index contributed by atoms with van der Waals surface area (Å²) in [6.45, 7) is 7.35. The number of hydrogen-bond acceptors (Lipinski definition) is 6. The van der Waals surface area contributed by atoms with Crippen molar-refractivity contribution in [1.82, 2.24) is 29.4 Å². The molecule has 1 aliphatic rings. The summed E-state index contributed by atoms with van der Waals surface area (Å²) >= 11 is 1.60. The lowest BCUT2D eigenvalue weighted by Crippen LogP contribution is -2.47. The highest BCUT2D eigenvalue weighted by Gasteiger charge is 2.22. The lowest BCUT2D eigenvalue weighted by molar-refractivity contribution is -0.132. The number of thiophene rings is 1. The zero-order valence-corrected chi connectivity index (χ0v) is 16.1. The molecule has 7 nitrogen and oxygen atoms in total. The molecule has 0 atom stereocenters. The number of piperazine rings is 1. The topological polar surface area (TPSA) is 66.6 Å². The summed E-state index contributed by atoms with van der Waals surface area (Å²) in [5, 5.41) is 6.61. The van der Waals surface area contributed by atoms with Gasteiger partial charge in [0.25, 0.3) is 5.78 Å². The van der Waals surface area contributed by atoms with Crippen LogP contribution >= 0.6 is 11.3 Å². The smallest absolute Gasteiger partial charge is 0.253 e. The van der Waals surface area contributed by atoms with Crippen LogP contribution in [0.1, 0.15) is 17.0 Å². The van der Waals surface area contributed by atoms with Gasteiger partial charge in [0.05, 0.1) is 11.3 Å². The maximum absolute atomic E-state index is 12.7. The molecular weight excluding hydrogens is 348 g/mol. The highest BCUT2D eigenvalue weighted by molar-refractivity contribution is 7.13. The van der Waals surface area contributed by atoms with Crippen molar-refractivity contribution in [3.8, 4) is 10.7 Å². The number of carbonyl (C=O) groups excluding carboxylic acids is 1. The zero-order valence-electron chi connectivity index (χ0n) is 15.3. The van der Waals surface area contributed by atoms with Gasteiger partial charge < -0.3 is 9.80 Å². The van der Waals surface area contributed by atoms with Crippen LogP contribution in [0.25, 0.3) is 16.5 Å². The summed E-state index contributed by atoms with van der Waals surface area (Å²) in [6.07, 6.45) is 0.360. The van der Waals surface area contributed by atoms with E-state index in [1.165, 1.54) is 0 Å². The summed E-state index contributed by atoms with van der Waals surface area (Å²) in [5.41, 5.74) is 2.73. The molecule has 3 aromatic heterocycles. The lowest BCUT2D eigenvalue weighted by atomic mass is 10.1. The highest BCUT2D eigenvalue weighted by atomic mass is 32.1. The second-order valence-electron chi connectivity index (χ2n) is 6.75. The van der Waals surface area contributed by atoms with Crippen LogP contribution in [-0.4, -0.2) is 68.5 Å². The number of hydrogen-bond donors (Lipinski definition) is 0. The van der Waals surface area contributed by atoms with Gasteiger partial charge in [0.1, 0.15) is 0 Å². The molecule has 1 aliphatic heterocycles. The lowest BCUT2D eigenvalue weighted by Gasteiger charge is -2.32. The van der Waals surface area contributed by atoms with E-state index in [-0.39, 0.29) is 5.91 Å². The van der Waals surface area contributed by atoms with Crippen molar-refractivity contribution >= 4 is 23.0 Å². The Bertz CT molecular complexity index is 940. The first-order valence-corrected chi connectivity index (χ1v) is 9.64. The van der Waals surface area contributed by atoms with Crippen LogP contribution in [-0.2, 0) is 11.2 Å². The fraction of sp³-hybridized carbons (Fsp3) is 0.444. The Morgan fingerprint density at radius 3 is 2.65 bits per heavy atom. The molecule has 4 rings (SSSR count). The van der Waals surface area contributed by atoms with Crippen molar-refractivity contribution in [2.24, 2.45) is 0 Å². The van der Waals surface area contributed by atoms with Gasteiger partial charge in [0.15, 0.2) is 5.82 Å². The Kier molecular flexibility index (Phi) is 4.46. The minimum Gasteiger partial charge on any atom is -0.340 e. The standard InChI is InChI=1S/C18H22N6OS/c1-12-14(11-16(25)23-8-6-22(3)7-9-23)13(2)24-18(19-12)20-17(21-24)15-5-4-10-26-15/h4-5,10H,6-9,11H2,1-3H3. The van der Waals surface area contributed by atoms with E-state index in [2.05, 4.69) is 27.0 Å². The highest BCUT2D eigenvalue weighted by Crippen LogP contribution is 2.23. The molecule has 0 radical (unpaired) electrons. The fourth-order valence-electron chi connectivity index (χ4n) is 3.29. The minimum atomic E-state index is 0.157. The maximum Gasteiger partial charge on any atom is 0.253 e. The monoisotopic (exact) mass is 370 g/mol. The number of carbonyl (C=O) groups is 1. The van der Waals surface area contributed by atoms with Gasteiger partial charge in [-0.05, 0) is 32.3 Å².